The standard InChI is InChI=1S/C21H20N4O3S/c1-12-7-8-19(29-12)18-10-20(24-23-18)22-21(26)15-5-4-6-16(9-15)27-11-17-13(2)25-28-14(17)3/h4-10H,11H2,1-3H3,(H2,22,23,24,26). The third-order valence-corrected chi connectivity index (χ3v) is 5.52. The minimum Gasteiger partial charge on any atom is -0.489 e. The average molecular weight is 408 g/mol. The first-order valence-electron chi connectivity index (χ1n) is 9.08. The molecule has 29 heavy (non-hydrogen) atoms. The van der Waals surface area contributed by atoms with E-state index in [9.17, 15) is 4.79 Å². The van der Waals surface area contributed by atoms with Crippen LogP contribution >= 0.6 is 11.3 Å². The Kier molecular flexibility index (Phi) is 5.18. The predicted molar refractivity (Wildman–Crippen MR) is 111 cm³/mol. The van der Waals surface area contributed by atoms with Gasteiger partial charge in [-0.05, 0) is 51.1 Å². The van der Waals surface area contributed by atoms with E-state index in [2.05, 4.69) is 20.7 Å². The molecule has 4 rings (SSSR count). The number of hydrogen-bond donors (Lipinski definition) is 2. The van der Waals surface area contributed by atoms with Crippen LogP contribution in [0.2, 0.25) is 0 Å². The van der Waals surface area contributed by atoms with E-state index in [-0.39, 0.29) is 5.91 Å². The number of carbonyl (C=O) groups excluding carboxylic acids is 1. The van der Waals surface area contributed by atoms with E-state index in [1.54, 1.807) is 35.6 Å². The summed E-state index contributed by atoms with van der Waals surface area (Å²) in [6.07, 6.45) is 0. The van der Waals surface area contributed by atoms with Crippen LogP contribution in [0.4, 0.5) is 5.82 Å². The van der Waals surface area contributed by atoms with E-state index in [0.29, 0.717) is 23.7 Å². The predicted octanol–water partition coefficient (Wildman–Crippen LogP) is 4.88. The summed E-state index contributed by atoms with van der Waals surface area (Å²) in [6.45, 7) is 6.09. The van der Waals surface area contributed by atoms with Crippen LogP contribution in [0, 0.1) is 20.8 Å². The lowest BCUT2D eigenvalue weighted by Crippen LogP contribution is -2.12. The van der Waals surface area contributed by atoms with Crippen molar-refractivity contribution in [2.24, 2.45) is 0 Å². The number of benzene rings is 1. The fourth-order valence-corrected chi connectivity index (χ4v) is 3.70. The number of aryl methyl sites for hydroxylation is 3. The molecule has 0 aliphatic rings. The molecule has 0 radical (unpaired) electrons. The second kappa shape index (κ2) is 7.92. The number of nitrogens with zero attached hydrogens (tertiary/aromatic N) is 2. The third-order valence-electron chi connectivity index (χ3n) is 4.49. The smallest absolute Gasteiger partial charge is 0.256 e. The Labute approximate surface area is 171 Å². The van der Waals surface area contributed by atoms with Crippen LogP contribution in [0.15, 0.2) is 47.0 Å². The molecule has 148 valence electrons. The number of ether oxygens (including phenoxy) is 1. The van der Waals surface area contributed by atoms with Crippen LogP contribution in [-0.4, -0.2) is 21.3 Å². The van der Waals surface area contributed by atoms with Gasteiger partial charge in [-0.15, -0.1) is 11.3 Å². The zero-order valence-corrected chi connectivity index (χ0v) is 17.1. The molecule has 0 saturated carbocycles. The molecule has 0 bridgehead atoms. The number of aromatic nitrogens is 3. The van der Waals surface area contributed by atoms with Crippen LogP contribution in [0.1, 0.15) is 32.3 Å². The Balaban J connectivity index is 1.43. The molecule has 0 fully saturated rings. The van der Waals surface area contributed by atoms with Gasteiger partial charge in [-0.3, -0.25) is 9.89 Å². The highest BCUT2D eigenvalue weighted by Crippen LogP contribution is 2.27. The average Bonchev–Trinajstić information content (AvgIpc) is 3.42. The number of carbonyl (C=O) groups is 1. The van der Waals surface area contributed by atoms with Gasteiger partial charge < -0.3 is 14.6 Å². The summed E-state index contributed by atoms with van der Waals surface area (Å²) < 4.78 is 11.0. The topological polar surface area (TPSA) is 93.0 Å². The van der Waals surface area contributed by atoms with Crippen molar-refractivity contribution in [3.63, 3.8) is 0 Å². The van der Waals surface area contributed by atoms with E-state index >= 15 is 0 Å². The van der Waals surface area contributed by atoms with Gasteiger partial charge in [-0.1, -0.05) is 11.2 Å². The quantitative estimate of drug-likeness (QED) is 0.474. The largest absolute Gasteiger partial charge is 0.489 e. The molecule has 0 aliphatic heterocycles. The van der Waals surface area contributed by atoms with Gasteiger partial charge in [0.1, 0.15) is 18.1 Å². The van der Waals surface area contributed by atoms with E-state index in [1.165, 1.54) is 4.88 Å². The molecule has 0 aliphatic carbocycles. The number of nitrogens with one attached hydrogen (secondary N) is 2. The molecule has 0 atom stereocenters. The summed E-state index contributed by atoms with van der Waals surface area (Å²) in [6, 6.07) is 12.9. The summed E-state index contributed by atoms with van der Waals surface area (Å²) >= 11 is 1.67. The van der Waals surface area contributed by atoms with Gasteiger partial charge >= 0.3 is 0 Å². The zero-order valence-electron chi connectivity index (χ0n) is 16.3. The van der Waals surface area contributed by atoms with Crippen molar-refractivity contribution in [3.8, 4) is 16.3 Å². The molecule has 0 unspecified atom stereocenters. The van der Waals surface area contributed by atoms with Gasteiger partial charge in [-0.2, -0.15) is 5.10 Å². The van der Waals surface area contributed by atoms with Crippen molar-refractivity contribution in [2.45, 2.75) is 27.4 Å². The van der Waals surface area contributed by atoms with Crippen molar-refractivity contribution < 1.29 is 14.1 Å². The van der Waals surface area contributed by atoms with E-state index < -0.39 is 0 Å². The molecular formula is C21H20N4O3S. The van der Waals surface area contributed by atoms with Gasteiger partial charge in [0.25, 0.3) is 5.91 Å². The summed E-state index contributed by atoms with van der Waals surface area (Å²) in [7, 11) is 0. The molecule has 0 saturated heterocycles. The lowest BCUT2D eigenvalue weighted by atomic mass is 10.2. The Morgan fingerprint density at radius 3 is 2.79 bits per heavy atom. The second-order valence-electron chi connectivity index (χ2n) is 6.65. The van der Waals surface area contributed by atoms with Crippen LogP contribution < -0.4 is 10.1 Å². The monoisotopic (exact) mass is 408 g/mol. The van der Waals surface area contributed by atoms with Gasteiger partial charge in [0, 0.05) is 16.5 Å². The Hall–Kier alpha value is -3.39. The normalized spacial score (nSPS) is 10.9. The first kappa shape index (κ1) is 18.9. The number of anilines is 1. The highest BCUT2D eigenvalue weighted by Gasteiger charge is 2.13. The number of H-pyrrole nitrogens is 1. The SMILES string of the molecule is Cc1ccc(-c2cc(NC(=O)c3cccc(OCc4c(C)noc4C)c3)n[nH]2)s1. The first-order valence-corrected chi connectivity index (χ1v) is 9.89. The summed E-state index contributed by atoms with van der Waals surface area (Å²) in [4.78, 5) is 14.9. The van der Waals surface area contributed by atoms with E-state index in [1.807, 2.05) is 39.0 Å². The fourth-order valence-electron chi connectivity index (χ4n) is 2.87. The zero-order chi connectivity index (χ0) is 20.4. The fraction of sp³-hybridized carbons (Fsp3) is 0.190. The molecule has 1 amide bonds. The molecule has 1 aromatic carbocycles. The molecule has 0 spiro atoms. The maximum absolute atomic E-state index is 12.6. The third kappa shape index (κ3) is 4.22. The summed E-state index contributed by atoms with van der Waals surface area (Å²) in [5.74, 6) is 1.53. The molecule has 4 aromatic rings. The maximum atomic E-state index is 12.6. The van der Waals surface area contributed by atoms with E-state index in [0.717, 1.165) is 27.6 Å². The van der Waals surface area contributed by atoms with E-state index in [4.69, 9.17) is 9.26 Å². The van der Waals surface area contributed by atoms with Crippen molar-refractivity contribution in [1.29, 1.82) is 0 Å². The number of hydrogen-bond acceptors (Lipinski definition) is 6. The van der Waals surface area contributed by atoms with Crippen LogP contribution in [0.5, 0.6) is 5.75 Å². The van der Waals surface area contributed by atoms with Crippen molar-refractivity contribution in [1.82, 2.24) is 15.4 Å². The molecular weight excluding hydrogens is 388 g/mol. The van der Waals surface area contributed by atoms with Gasteiger partial charge in [0.05, 0.1) is 21.8 Å². The molecule has 3 heterocycles. The van der Waals surface area contributed by atoms with Crippen molar-refractivity contribution >= 4 is 23.1 Å². The van der Waals surface area contributed by atoms with Gasteiger partial charge in [-0.25, -0.2) is 0 Å². The summed E-state index contributed by atoms with van der Waals surface area (Å²) in [5.41, 5.74) is 3.06. The Morgan fingerprint density at radius 1 is 1.21 bits per heavy atom. The first-order chi connectivity index (χ1) is 14.0. The van der Waals surface area contributed by atoms with Crippen LogP contribution in [0.25, 0.3) is 10.6 Å². The molecule has 8 heteroatoms. The van der Waals surface area contributed by atoms with Crippen LogP contribution in [-0.2, 0) is 6.61 Å². The highest BCUT2D eigenvalue weighted by atomic mass is 32.1. The summed E-state index contributed by atoms with van der Waals surface area (Å²) in [5, 5.41) is 13.9. The molecule has 2 N–H and O–H groups in total. The highest BCUT2D eigenvalue weighted by molar-refractivity contribution is 7.15. The molecule has 7 nitrogen and oxygen atoms in total. The second-order valence-corrected chi connectivity index (χ2v) is 7.94. The minimum absolute atomic E-state index is 0.256. The van der Waals surface area contributed by atoms with Crippen molar-refractivity contribution in [2.75, 3.05) is 5.32 Å². The lowest BCUT2D eigenvalue weighted by molar-refractivity contribution is 0.102. The number of thiophene rings is 1. The van der Waals surface area contributed by atoms with Crippen molar-refractivity contribution in [3.05, 3.63) is 69.9 Å². The van der Waals surface area contributed by atoms with Crippen LogP contribution in [0.3, 0.4) is 0 Å². The van der Waals surface area contributed by atoms with Gasteiger partial charge in [0.2, 0.25) is 0 Å². The number of aromatic amines is 1. The number of amides is 1. The minimum atomic E-state index is -0.256. The maximum Gasteiger partial charge on any atom is 0.256 e. The molecule has 3 aromatic heterocycles. The Bertz CT molecular complexity index is 1140. The Morgan fingerprint density at radius 2 is 2.07 bits per heavy atom. The van der Waals surface area contributed by atoms with Gasteiger partial charge in [0.15, 0.2) is 5.82 Å². The lowest BCUT2D eigenvalue weighted by Gasteiger charge is -2.08. The number of rotatable bonds is 6.